The van der Waals surface area contributed by atoms with Crippen LogP contribution in [0.25, 0.3) is 0 Å². The van der Waals surface area contributed by atoms with Crippen LogP contribution >= 0.6 is 0 Å². The van der Waals surface area contributed by atoms with E-state index in [9.17, 15) is 0 Å². The molecule has 2 aliphatic heterocycles. The third-order valence-electron chi connectivity index (χ3n) is 6.68. The molecule has 6 atom stereocenters. The summed E-state index contributed by atoms with van der Waals surface area (Å²) in [6.45, 7) is 4.76. The van der Waals surface area contributed by atoms with Gasteiger partial charge in [-0.15, -0.1) is 6.58 Å². The number of ether oxygens (including phenoxy) is 8. The molecule has 2 fully saturated rings. The molecule has 0 aromatic heterocycles. The van der Waals surface area contributed by atoms with Crippen molar-refractivity contribution in [3.63, 3.8) is 0 Å². The van der Waals surface area contributed by atoms with Gasteiger partial charge < -0.3 is 37.9 Å². The lowest BCUT2D eigenvalue weighted by atomic mass is 9.97. The van der Waals surface area contributed by atoms with Crippen LogP contribution in [0.4, 0.5) is 0 Å². The second-order valence-electron chi connectivity index (χ2n) is 9.22. The average Bonchev–Trinajstić information content (AvgIpc) is 3.00. The fourth-order valence-corrected chi connectivity index (χ4v) is 4.67. The number of hydrogen-bond donors (Lipinski definition) is 0. The van der Waals surface area contributed by atoms with Crippen LogP contribution in [0.5, 0.6) is 17.2 Å². The van der Waals surface area contributed by atoms with Crippen molar-refractivity contribution in [3.8, 4) is 17.2 Å². The average molecular weight is 535 g/mol. The molecule has 0 bridgehead atoms. The van der Waals surface area contributed by atoms with Gasteiger partial charge in [0.2, 0.25) is 6.29 Å². The molecule has 0 amide bonds. The summed E-state index contributed by atoms with van der Waals surface area (Å²) in [5.74, 6) is 2.12. The van der Waals surface area contributed by atoms with Crippen molar-refractivity contribution in [2.75, 3.05) is 27.4 Å². The zero-order valence-electron chi connectivity index (χ0n) is 22.1. The number of hydrogen-bond acceptors (Lipinski definition) is 8. The number of fused-ring (bicyclic) bond motifs is 1. The summed E-state index contributed by atoms with van der Waals surface area (Å²) >= 11 is 0. The Bertz CT molecular complexity index is 1170. The maximum absolute atomic E-state index is 6.48. The predicted molar refractivity (Wildman–Crippen MR) is 144 cm³/mol. The zero-order valence-corrected chi connectivity index (χ0v) is 22.1. The molecule has 3 aromatic rings. The van der Waals surface area contributed by atoms with Crippen LogP contribution in [0.15, 0.2) is 91.5 Å². The number of methoxy groups -OCH3 is 2. The fraction of sp³-hybridized carbons (Fsp3) is 0.355. The van der Waals surface area contributed by atoms with Crippen molar-refractivity contribution in [2.45, 2.75) is 43.6 Å². The topological polar surface area (TPSA) is 73.8 Å². The summed E-state index contributed by atoms with van der Waals surface area (Å²) in [6, 6.07) is 24.8. The molecule has 0 aliphatic carbocycles. The van der Waals surface area contributed by atoms with Crippen molar-refractivity contribution in [2.24, 2.45) is 0 Å². The maximum atomic E-state index is 6.48. The Morgan fingerprint density at radius 2 is 1.46 bits per heavy atom. The molecule has 0 radical (unpaired) electrons. The second kappa shape index (κ2) is 13.1. The molecule has 2 aliphatic rings. The highest BCUT2D eigenvalue weighted by atomic mass is 16.8. The zero-order chi connectivity index (χ0) is 27.0. The van der Waals surface area contributed by atoms with Gasteiger partial charge in [0.25, 0.3) is 0 Å². The SMILES string of the molecule is C=CCO[C@H]1[C@H]2O[C@@H](c3ccccc3)OC[C@H]2O[C@@H](Oc2ccc(OC)cc2)[C@@H]1OCc1ccc(OC)cc1. The van der Waals surface area contributed by atoms with Gasteiger partial charge >= 0.3 is 0 Å². The minimum atomic E-state index is -0.784. The van der Waals surface area contributed by atoms with Crippen LogP contribution in [0.1, 0.15) is 17.4 Å². The van der Waals surface area contributed by atoms with E-state index in [1.165, 1.54) is 0 Å². The van der Waals surface area contributed by atoms with Crippen molar-refractivity contribution in [1.29, 1.82) is 0 Å². The standard InChI is InChI=1S/C31H34O8/c1-4-18-34-28-27-26(20-36-30(39-27)22-8-6-5-7-9-22)38-31(37-25-16-14-24(33-3)15-17-25)29(28)35-19-21-10-12-23(32-2)13-11-21/h4-17,26-31H,1,18-20H2,2-3H3/t26-,27+,28+,29-,30+,31-/m1/s1. The third kappa shape index (κ3) is 6.61. The lowest BCUT2D eigenvalue weighted by Gasteiger charge is -2.48. The van der Waals surface area contributed by atoms with Crippen LogP contribution in [0.2, 0.25) is 0 Å². The highest BCUT2D eigenvalue weighted by molar-refractivity contribution is 5.31. The first-order valence-corrected chi connectivity index (χ1v) is 12.9. The van der Waals surface area contributed by atoms with Gasteiger partial charge in [0.15, 0.2) is 6.29 Å². The Kier molecular flexibility index (Phi) is 9.13. The van der Waals surface area contributed by atoms with E-state index in [0.717, 1.165) is 22.6 Å². The van der Waals surface area contributed by atoms with E-state index in [4.69, 9.17) is 37.9 Å². The number of rotatable bonds is 11. The first kappa shape index (κ1) is 27.2. The Balaban J connectivity index is 1.41. The summed E-state index contributed by atoms with van der Waals surface area (Å²) in [7, 11) is 3.26. The Labute approximate surface area is 228 Å². The summed E-state index contributed by atoms with van der Waals surface area (Å²) < 4.78 is 48.6. The third-order valence-corrected chi connectivity index (χ3v) is 6.68. The van der Waals surface area contributed by atoms with Crippen molar-refractivity contribution in [3.05, 3.63) is 103 Å². The van der Waals surface area contributed by atoms with Gasteiger partial charge in [0, 0.05) is 5.56 Å². The molecular formula is C31H34O8. The predicted octanol–water partition coefficient (Wildman–Crippen LogP) is 5.08. The molecule has 0 saturated carbocycles. The van der Waals surface area contributed by atoms with E-state index < -0.39 is 37.0 Å². The van der Waals surface area contributed by atoms with Crippen LogP contribution in [-0.4, -0.2) is 58.1 Å². The maximum Gasteiger partial charge on any atom is 0.229 e. The minimum absolute atomic E-state index is 0.310. The van der Waals surface area contributed by atoms with E-state index >= 15 is 0 Å². The smallest absolute Gasteiger partial charge is 0.229 e. The van der Waals surface area contributed by atoms with Crippen molar-refractivity contribution >= 4 is 0 Å². The highest BCUT2D eigenvalue weighted by Crippen LogP contribution is 2.37. The second-order valence-corrected chi connectivity index (χ2v) is 9.22. The van der Waals surface area contributed by atoms with Crippen LogP contribution in [-0.2, 0) is 30.3 Å². The van der Waals surface area contributed by atoms with Gasteiger partial charge in [-0.25, -0.2) is 0 Å². The molecule has 2 heterocycles. The molecule has 2 saturated heterocycles. The quantitative estimate of drug-likeness (QED) is 0.316. The summed E-state index contributed by atoms with van der Waals surface area (Å²) in [5.41, 5.74) is 1.89. The normalized spacial score (nSPS) is 26.3. The fourth-order valence-electron chi connectivity index (χ4n) is 4.67. The van der Waals surface area contributed by atoms with E-state index in [2.05, 4.69) is 6.58 Å². The van der Waals surface area contributed by atoms with Gasteiger partial charge in [0.05, 0.1) is 34.0 Å². The number of benzene rings is 3. The summed E-state index contributed by atoms with van der Waals surface area (Å²) in [6.07, 6.45) is -1.65. The van der Waals surface area contributed by atoms with E-state index in [0.29, 0.717) is 25.6 Å². The van der Waals surface area contributed by atoms with E-state index in [1.807, 2.05) is 78.9 Å². The van der Waals surface area contributed by atoms with Gasteiger partial charge in [-0.05, 0) is 42.0 Å². The van der Waals surface area contributed by atoms with Crippen LogP contribution in [0.3, 0.4) is 0 Å². The van der Waals surface area contributed by atoms with Crippen molar-refractivity contribution in [1.82, 2.24) is 0 Å². The molecule has 3 aromatic carbocycles. The Morgan fingerprint density at radius 3 is 2.13 bits per heavy atom. The van der Waals surface area contributed by atoms with Crippen LogP contribution < -0.4 is 14.2 Å². The molecule has 8 nitrogen and oxygen atoms in total. The van der Waals surface area contributed by atoms with E-state index in [1.54, 1.807) is 20.3 Å². The lowest BCUT2D eigenvalue weighted by Crippen LogP contribution is -2.64. The molecular weight excluding hydrogens is 500 g/mol. The molecule has 39 heavy (non-hydrogen) atoms. The lowest BCUT2D eigenvalue weighted by molar-refractivity contribution is -0.359. The van der Waals surface area contributed by atoms with Gasteiger partial charge in [-0.2, -0.15) is 0 Å². The summed E-state index contributed by atoms with van der Waals surface area (Å²) in [4.78, 5) is 0. The molecule has 5 rings (SSSR count). The van der Waals surface area contributed by atoms with Crippen LogP contribution in [0, 0.1) is 0 Å². The van der Waals surface area contributed by atoms with E-state index in [-0.39, 0.29) is 0 Å². The first-order chi connectivity index (χ1) is 19.2. The highest BCUT2D eigenvalue weighted by Gasteiger charge is 2.52. The first-order valence-electron chi connectivity index (χ1n) is 12.9. The van der Waals surface area contributed by atoms with Gasteiger partial charge in [-0.3, -0.25) is 0 Å². The molecule has 0 N–H and O–H groups in total. The molecule has 0 unspecified atom stereocenters. The molecule has 206 valence electrons. The monoisotopic (exact) mass is 534 g/mol. The molecule has 8 heteroatoms. The summed E-state index contributed by atoms with van der Waals surface area (Å²) in [5, 5.41) is 0. The van der Waals surface area contributed by atoms with Crippen molar-refractivity contribution < 1.29 is 37.9 Å². The van der Waals surface area contributed by atoms with Gasteiger partial charge in [-0.1, -0.05) is 48.5 Å². The largest absolute Gasteiger partial charge is 0.497 e. The Hall–Kier alpha value is -3.40. The minimum Gasteiger partial charge on any atom is -0.497 e. The molecule has 0 spiro atoms. The van der Waals surface area contributed by atoms with Gasteiger partial charge in [0.1, 0.15) is 41.7 Å². The Morgan fingerprint density at radius 1 is 0.795 bits per heavy atom.